The molecule has 5 aromatic rings. The number of ether oxygens (including phenoxy) is 1. The predicted octanol–water partition coefficient (Wildman–Crippen LogP) is 5.98. The first-order valence-electron chi connectivity index (χ1n) is 13.8. The summed E-state index contributed by atoms with van der Waals surface area (Å²) in [5.41, 5.74) is 4.19. The highest BCUT2D eigenvalue weighted by Gasteiger charge is 2.32. The molecule has 0 spiro atoms. The van der Waals surface area contributed by atoms with Gasteiger partial charge in [0.2, 0.25) is 0 Å². The smallest absolute Gasteiger partial charge is 0.271 e. The van der Waals surface area contributed by atoms with Gasteiger partial charge in [-0.15, -0.1) is 0 Å². The van der Waals surface area contributed by atoms with E-state index < -0.39 is 6.04 Å². The van der Waals surface area contributed by atoms with Crippen molar-refractivity contribution < 1.29 is 9.53 Å². The van der Waals surface area contributed by atoms with Gasteiger partial charge in [-0.25, -0.2) is 4.99 Å². The highest BCUT2D eigenvalue weighted by molar-refractivity contribution is 7.07. The summed E-state index contributed by atoms with van der Waals surface area (Å²) in [4.78, 5) is 33.0. The highest BCUT2D eigenvalue weighted by Crippen LogP contribution is 2.31. The zero-order valence-electron chi connectivity index (χ0n) is 23.5. The number of fused-ring (bicyclic) bond motifs is 1. The summed E-state index contributed by atoms with van der Waals surface area (Å²) in [6.45, 7) is 2.06. The number of rotatable bonds is 7. The highest BCUT2D eigenvalue weighted by atomic mass is 35.5. The Bertz CT molecular complexity index is 2110. The molecular weight excluding hydrogens is 592 g/mol. The number of anilines is 1. The Morgan fingerprint density at radius 1 is 1.05 bits per heavy atom. The topological polar surface area (TPSA) is 96.5 Å². The van der Waals surface area contributed by atoms with E-state index in [4.69, 9.17) is 26.6 Å². The van der Waals surface area contributed by atoms with Crippen LogP contribution in [-0.4, -0.2) is 10.5 Å². The van der Waals surface area contributed by atoms with Crippen LogP contribution in [0, 0.1) is 11.3 Å². The summed E-state index contributed by atoms with van der Waals surface area (Å²) in [6, 6.07) is 32.5. The van der Waals surface area contributed by atoms with Crippen LogP contribution < -0.4 is 24.9 Å². The van der Waals surface area contributed by atoms with Crippen LogP contribution in [0.25, 0.3) is 6.08 Å². The maximum Gasteiger partial charge on any atom is 0.271 e. The molecule has 1 atom stereocenters. The van der Waals surface area contributed by atoms with Crippen LogP contribution in [0.2, 0.25) is 5.02 Å². The normalized spacial score (nSPS) is 14.4. The number of para-hydroxylation sites is 1. The summed E-state index contributed by atoms with van der Waals surface area (Å²) >= 11 is 7.60. The molecule has 0 saturated heterocycles. The molecule has 0 radical (unpaired) electrons. The van der Waals surface area contributed by atoms with Crippen LogP contribution in [0.15, 0.2) is 124 Å². The quantitative estimate of drug-likeness (QED) is 0.243. The largest absolute Gasteiger partial charge is 0.488 e. The third-order valence-electron chi connectivity index (χ3n) is 7.15. The average molecular weight is 617 g/mol. The van der Waals surface area contributed by atoms with E-state index in [9.17, 15) is 9.59 Å². The zero-order valence-corrected chi connectivity index (χ0v) is 25.1. The molecule has 1 aliphatic heterocycles. The lowest BCUT2D eigenvalue weighted by atomic mass is 9.95. The van der Waals surface area contributed by atoms with Crippen molar-refractivity contribution in [1.29, 1.82) is 5.26 Å². The maximum atomic E-state index is 14.1. The van der Waals surface area contributed by atoms with Crippen LogP contribution in [0.4, 0.5) is 5.69 Å². The minimum atomic E-state index is -0.676. The summed E-state index contributed by atoms with van der Waals surface area (Å²) < 4.78 is 8.12. The van der Waals surface area contributed by atoms with Crippen LogP contribution >= 0.6 is 22.9 Å². The first-order valence-corrected chi connectivity index (χ1v) is 15.0. The molecule has 1 aromatic heterocycles. The van der Waals surface area contributed by atoms with Gasteiger partial charge in [0.1, 0.15) is 12.4 Å². The molecule has 0 unspecified atom stereocenters. The lowest BCUT2D eigenvalue weighted by Gasteiger charge is -2.25. The van der Waals surface area contributed by atoms with Gasteiger partial charge in [0.25, 0.3) is 11.5 Å². The Labute approximate surface area is 262 Å². The van der Waals surface area contributed by atoms with E-state index in [0.717, 1.165) is 11.1 Å². The van der Waals surface area contributed by atoms with Crippen molar-refractivity contribution in [2.24, 2.45) is 4.99 Å². The number of nitrogens with zero attached hydrogens (tertiary/aromatic N) is 3. The van der Waals surface area contributed by atoms with E-state index in [2.05, 4.69) is 11.4 Å². The zero-order chi connectivity index (χ0) is 30.6. The summed E-state index contributed by atoms with van der Waals surface area (Å²) in [7, 11) is 0. The first kappa shape index (κ1) is 28.9. The Hall–Kier alpha value is -5.23. The number of aromatic nitrogens is 1. The molecule has 0 saturated carbocycles. The standard InChI is InChI=1S/C35H25ClN4O3S/c1-22-31(33(41)39-28-10-6-3-7-11-28)32(25-8-4-2-5-9-25)40-34(42)30(44-35(40)38-22)19-26-18-27(36)16-17-29(26)43-21-24-14-12-23(20-37)13-15-24/h2-19,32H,21H2,1H3,(H,39,41)/b30-19+/t32-/m0/s1. The second-order valence-corrected chi connectivity index (χ2v) is 11.5. The minimum Gasteiger partial charge on any atom is -0.488 e. The Balaban J connectivity index is 1.41. The van der Waals surface area contributed by atoms with Crippen molar-refractivity contribution >= 4 is 40.6 Å². The van der Waals surface area contributed by atoms with Gasteiger partial charge in [-0.2, -0.15) is 5.26 Å². The number of allylic oxidation sites excluding steroid dienone is 1. The van der Waals surface area contributed by atoms with Crippen molar-refractivity contribution in [2.45, 2.75) is 19.6 Å². The van der Waals surface area contributed by atoms with E-state index in [0.29, 0.717) is 48.2 Å². The Morgan fingerprint density at radius 3 is 2.45 bits per heavy atom. The van der Waals surface area contributed by atoms with E-state index in [1.165, 1.54) is 11.3 Å². The second-order valence-electron chi connectivity index (χ2n) is 10.1. The number of hydrogen-bond donors (Lipinski definition) is 1. The lowest BCUT2D eigenvalue weighted by Crippen LogP contribution is -2.40. The summed E-state index contributed by atoms with van der Waals surface area (Å²) in [5, 5.41) is 12.5. The molecule has 9 heteroatoms. The van der Waals surface area contributed by atoms with E-state index in [1.54, 1.807) is 47.9 Å². The summed E-state index contributed by atoms with van der Waals surface area (Å²) in [5.74, 6) is 0.220. The van der Waals surface area contributed by atoms with E-state index >= 15 is 0 Å². The molecule has 6 rings (SSSR count). The van der Waals surface area contributed by atoms with Gasteiger partial charge >= 0.3 is 0 Å². The molecule has 2 heterocycles. The number of hydrogen-bond acceptors (Lipinski definition) is 6. The monoisotopic (exact) mass is 616 g/mol. The van der Waals surface area contributed by atoms with Gasteiger partial charge in [0.15, 0.2) is 4.80 Å². The summed E-state index contributed by atoms with van der Waals surface area (Å²) in [6.07, 6.45) is 1.74. The fraction of sp³-hybridized carbons (Fsp3) is 0.0857. The number of carbonyl (C=O) groups is 1. The predicted molar refractivity (Wildman–Crippen MR) is 172 cm³/mol. The molecule has 44 heavy (non-hydrogen) atoms. The van der Waals surface area contributed by atoms with Crippen molar-refractivity contribution in [3.05, 3.63) is 161 Å². The van der Waals surface area contributed by atoms with Crippen LogP contribution in [0.3, 0.4) is 0 Å². The van der Waals surface area contributed by atoms with Crippen molar-refractivity contribution in [1.82, 2.24) is 4.57 Å². The molecule has 4 aromatic carbocycles. The van der Waals surface area contributed by atoms with Crippen LogP contribution in [-0.2, 0) is 11.4 Å². The molecule has 0 fully saturated rings. The molecular formula is C35H25ClN4O3S. The van der Waals surface area contributed by atoms with Crippen LogP contribution in [0.1, 0.15) is 35.2 Å². The minimum absolute atomic E-state index is 0.266. The third kappa shape index (κ3) is 5.97. The van der Waals surface area contributed by atoms with E-state index in [-0.39, 0.29) is 18.1 Å². The molecule has 1 N–H and O–H groups in total. The number of halogens is 1. The van der Waals surface area contributed by atoms with Gasteiger partial charge in [-0.1, -0.05) is 83.6 Å². The second kappa shape index (κ2) is 12.6. The third-order valence-corrected chi connectivity index (χ3v) is 8.37. The van der Waals surface area contributed by atoms with Crippen molar-refractivity contribution in [3.63, 3.8) is 0 Å². The fourth-order valence-corrected chi connectivity index (χ4v) is 6.24. The van der Waals surface area contributed by atoms with Gasteiger partial charge < -0.3 is 10.1 Å². The number of thiazole rings is 1. The first-order chi connectivity index (χ1) is 21.4. The molecule has 7 nitrogen and oxygen atoms in total. The van der Waals surface area contributed by atoms with Crippen molar-refractivity contribution in [2.75, 3.05) is 5.32 Å². The number of carbonyl (C=O) groups excluding carboxylic acids is 1. The van der Waals surface area contributed by atoms with Crippen LogP contribution in [0.5, 0.6) is 5.75 Å². The number of nitrogens with one attached hydrogen (secondary N) is 1. The van der Waals surface area contributed by atoms with Gasteiger partial charge in [0, 0.05) is 16.3 Å². The number of benzene rings is 4. The van der Waals surface area contributed by atoms with Gasteiger partial charge in [-0.3, -0.25) is 14.2 Å². The number of nitriles is 1. The SMILES string of the molecule is CC1=C(C(=O)Nc2ccccc2)[C@H](c2ccccc2)n2c(s/c(=C/c3cc(Cl)ccc3OCc3ccc(C#N)cc3)c2=O)=N1. The molecule has 1 aliphatic rings. The molecule has 0 aliphatic carbocycles. The lowest BCUT2D eigenvalue weighted by molar-refractivity contribution is -0.113. The molecule has 0 bridgehead atoms. The average Bonchev–Trinajstić information content (AvgIpc) is 3.34. The van der Waals surface area contributed by atoms with Crippen molar-refractivity contribution in [3.8, 4) is 11.8 Å². The Kier molecular flexibility index (Phi) is 8.24. The maximum absolute atomic E-state index is 14.1. The molecule has 1 amide bonds. The molecule has 216 valence electrons. The van der Waals surface area contributed by atoms with Gasteiger partial charge in [-0.05, 0) is 66.6 Å². The fourth-order valence-electron chi connectivity index (χ4n) is 5.02. The Morgan fingerprint density at radius 2 is 1.75 bits per heavy atom. The van der Waals surface area contributed by atoms with Gasteiger partial charge in [0.05, 0.1) is 33.5 Å². The number of amides is 1. The van der Waals surface area contributed by atoms with E-state index in [1.807, 2.05) is 72.8 Å².